The highest BCUT2D eigenvalue weighted by Crippen LogP contribution is 2.27. The van der Waals surface area contributed by atoms with Crippen molar-refractivity contribution in [2.24, 2.45) is 0 Å². The second kappa shape index (κ2) is 7.15. The maximum Gasteiger partial charge on any atom is 0.0947 e. The Labute approximate surface area is 140 Å². The zero-order valence-electron chi connectivity index (χ0n) is 10.9. The first-order valence-corrected chi connectivity index (χ1v) is 8.94. The Hall–Kier alpha value is 0.0200. The monoisotopic (exact) mass is 450 g/mol. The Morgan fingerprint density at radius 3 is 2.89 bits per heavy atom. The lowest BCUT2D eigenvalue weighted by Crippen LogP contribution is -2.23. The lowest BCUT2D eigenvalue weighted by atomic mass is 10.0. The van der Waals surface area contributed by atoms with Gasteiger partial charge in [0.1, 0.15) is 0 Å². The average molecular weight is 451 g/mol. The summed E-state index contributed by atoms with van der Waals surface area (Å²) in [5.41, 5.74) is 2.45. The largest absolute Gasteiger partial charge is 0.310 e. The maximum atomic E-state index is 4.57. The van der Waals surface area contributed by atoms with Crippen molar-refractivity contribution in [2.45, 2.75) is 26.3 Å². The van der Waals surface area contributed by atoms with E-state index in [1.165, 1.54) is 14.1 Å². The summed E-state index contributed by atoms with van der Waals surface area (Å²) in [6.45, 7) is 5.15. The van der Waals surface area contributed by atoms with Gasteiger partial charge in [-0.2, -0.15) is 0 Å². The molecule has 0 saturated heterocycles. The minimum absolute atomic E-state index is 0.319. The van der Waals surface area contributed by atoms with Gasteiger partial charge in [0.2, 0.25) is 0 Å². The Morgan fingerprint density at radius 1 is 1.47 bits per heavy atom. The summed E-state index contributed by atoms with van der Waals surface area (Å²) in [5.74, 6) is 0. The number of benzene rings is 1. The van der Waals surface area contributed by atoms with E-state index in [9.17, 15) is 0 Å². The third-order valence-corrected chi connectivity index (χ3v) is 5.29. The molecule has 1 aromatic carbocycles. The summed E-state index contributed by atoms with van der Waals surface area (Å²) >= 11 is 7.71. The van der Waals surface area contributed by atoms with Gasteiger partial charge in [0.05, 0.1) is 5.01 Å². The van der Waals surface area contributed by atoms with Crippen LogP contribution in [0.25, 0.3) is 0 Å². The molecule has 19 heavy (non-hydrogen) atoms. The number of aromatic nitrogens is 1. The van der Waals surface area contributed by atoms with E-state index in [0.29, 0.717) is 6.04 Å². The van der Waals surface area contributed by atoms with Crippen LogP contribution in [0.1, 0.15) is 29.2 Å². The molecule has 0 radical (unpaired) electrons. The molecular formula is C14H16BrIN2S. The van der Waals surface area contributed by atoms with Crippen molar-refractivity contribution in [3.05, 3.63) is 47.9 Å². The molecule has 0 spiro atoms. The summed E-state index contributed by atoms with van der Waals surface area (Å²) in [6.07, 6.45) is 0.943. The molecule has 1 unspecified atom stereocenters. The first-order chi connectivity index (χ1) is 9.10. The standard InChI is InChI=1S/C14H16BrIN2S/c1-3-17-13(7-14-18-9(2)8-19-14)11-6-10(15)4-5-12(11)16/h4-6,8,13,17H,3,7H2,1-2H3. The molecule has 0 saturated carbocycles. The number of likely N-dealkylation sites (N-methyl/N-ethyl adjacent to an activating group) is 1. The van der Waals surface area contributed by atoms with Crippen molar-refractivity contribution in [3.8, 4) is 0 Å². The Kier molecular flexibility index (Phi) is 5.80. The topological polar surface area (TPSA) is 24.9 Å². The van der Waals surface area contributed by atoms with Crippen LogP contribution < -0.4 is 5.32 Å². The van der Waals surface area contributed by atoms with E-state index in [1.54, 1.807) is 11.3 Å². The normalized spacial score (nSPS) is 12.6. The number of hydrogen-bond acceptors (Lipinski definition) is 3. The zero-order valence-corrected chi connectivity index (χ0v) is 15.5. The SMILES string of the molecule is CCNC(Cc1nc(C)cs1)c1cc(Br)ccc1I. The molecule has 1 atom stereocenters. The number of halogens is 2. The van der Waals surface area contributed by atoms with Gasteiger partial charge in [0.15, 0.2) is 0 Å². The molecule has 0 aliphatic rings. The van der Waals surface area contributed by atoms with Gasteiger partial charge in [-0.25, -0.2) is 4.98 Å². The molecule has 0 bridgehead atoms. The van der Waals surface area contributed by atoms with Crippen LogP contribution in [-0.4, -0.2) is 11.5 Å². The third kappa shape index (κ3) is 4.24. The highest BCUT2D eigenvalue weighted by atomic mass is 127. The Morgan fingerprint density at radius 2 is 2.26 bits per heavy atom. The van der Waals surface area contributed by atoms with Gasteiger partial charge >= 0.3 is 0 Å². The molecule has 0 fully saturated rings. The molecule has 2 rings (SSSR count). The maximum absolute atomic E-state index is 4.57. The van der Waals surface area contributed by atoms with Crippen molar-refractivity contribution in [2.75, 3.05) is 6.54 Å². The van der Waals surface area contributed by atoms with Gasteiger partial charge in [0.25, 0.3) is 0 Å². The van der Waals surface area contributed by atoms with Crippen LogP contribution in [0.4, 0.5) is 0 Å². The fourth-order valence-corrected chi connectivity index (χ4v) is 3.90. The van der Waals surface area contributed by atoms with Crippen LogP contribution >= 0.6 is 49.9 Å². The van der Waals surface area contributed by atoms with Gasteiger partial charge < -0.3 is 5.32 Å². The summed E-state index contributed by atoms with van der Waals surface area (Å²) < 4.78 is 2.42. The van der Waals surface area contributed by atoms with Crippen molar-refractivity contribution in [1.82, 2.24) is 10.3 Å². The van der Waals surface area contributed by atoms with Crippen LogP contribution in [0.3, 0.4) is 0 Å². The number of nitrogens with zero attached hydrogens (tertiary/aromatic N) is 1. The third-order valence-electron chi connectivity index (χ3n) is 2.83. The molecule has 5 heteroatoms. The molecule has 1 aromatic heterocycles. The van der Waals surface area contributed by atoms with E-state index in [0.717, 1.165) is 23.1 Å². The first kappa shape index (κ1) is 15.4. The second-order valence-corrected chi connectivity index (χ2v) is 7.38. The van der Waals surface area contributed by atoms with E-state index in [2.05, 4.69) is 79.3 Å². The fraction of sp³-hybridized carbons (Fsp3) is 0.357. The minimum Gasteiger partial charge on any atom is -0.310 e. The van der Waals surface area contributed by atoms with Crippen molar-refractivity contribution in [3.63, 3.8) is 0 Å². The predicted molar refractivity (Wildman–Crippen MR) is 93.8 cm³/mol. The smallest absolute Gasteiger partial charge is 0.0947 e. The van der Waals surface area contributed by atoms with Crippen molar-refractivity contribution >= 4 is 49.9 Å². The molecule has 1 N–H and O–H groups in total. The minimum atomic E-state index is 0.319. The zero-order chi connectivity index (χ0) is 13.8. The fourth-order valence-electron chi connectivity index (χ4n) is 1.99. The van der Waals surface area contributed by atoms with Gasteiger partial charge in [-0.3, -0.25) is 0 Å². The van der Waals surface area contributed by atoms with Crippen molar-refractivity contribution < 1.29 is 0 Å². The molecule has 2 aromatic rings. The first-order valence-electron chi connectivity index (χ1n) is 6.19. The summed E-state index contributed by atoms with van der Waals surface area (Å²) in [4.78, 5) is 4.57. The van der Waals surface area contributed by atoms with Gasteiger partial charge in [-0.15, -0.1) is 11.3 Å². The Balaban J connectivity index is 2.26. The molecular weight excluding hydrogens is 435 g/mol. The molecule has 2 nitrogen and oxygen atoms in total. The molecule has 0 aliphatic carbocycles. The van der Waals surface area contributed by atoms with Crippen LogP contribution in [0, 0.1) is 10.5 Å². The number of hydrogen-bond donors (Lipinski definition) is 1. The quantitative estimate of drug-likeness (QED) is 0.667. The van der Waals surface area contributed by atoms with E-state index in [4.69, 9.17) is 0 Å². The van der Waals surface area contributed by atoms with Gasteiger partial charge in [0, 0.05) is 31.6 Å². The molecule has 102 valence electrons. The number of rotatable bonds is 5. The highest BCUT2D eigenvalue weighted by molar-refractivity contribution is 14.1. The Bertz CT molecular complexity index is 556. The highest BCUT2D eigenvalue weighted by Gasteiger charge is 2.16. The van der Waals surface area contributed by atoms with Gasteiger partial charge in [-0.05, 0) is 59.8 Å². The number of aryl methyl sites for hydroxylation is 1. The second-order valence-electron chi connectivity index (χ2n) is 4.36. The molecule has 1 heterocycles. The van der Waals surface area contributed by atoms with E-state index in [-0.39, 0.29) is 0 Å². The van der Waals surface area contributed by atoms with Crippen LogP contribution in [-0.2, 0) is 6.42 Å². The average Bonchev–Trinajstić information content (AvgIpc) is 2.77. The van der Waals surface area contributed by atoms with Crippen LogP contribution in [0.15, 0.2) is 28.1 Å². The van der Waals surface area contributed by atoms with Crippen LogP contribution in [0.5, 0.6) is 0 Å². The van der Waals surface area contributed by atoms with E-state index < -0.39 is 0 Å². The van der Waals surface area contributed by atoms with Crippen LogP contribution in [0.2, 0.25) is 0 Å². The van der Waals surface area contributed by atoms with E-state index >= 15 is 0 Å². The number of thiazole rings is 1. The predicted octanol–water partition coefficient (Wildman–Crippen LogP) is 4.71. The van der Waals surface area contributed by atoms with Gasteiger partial charge in [-0.1, -0.05) is 22.9 Å². The summed E-state index contributed by atoms with van der Waals surface area (Å²) in [6, 6.07) is 6.76. The number of nitrogens with one attached hydrogen (secondary N) is 1. The lowest BCUT2D eigenvalue weighted by molar-refractivity contribution is 0.546. The lowest BCUT2D eigenvalue weighted by Gasteiger charge is -2.19. The molecule has 0 aliphatic heterocycles. The van der Waals surface area contributed by atoms with E-state index in [1.807, 2.05) is 6.92 Å². The molecule has 0 amide bonds. The summed E-state index contributed by atoms with van der Waals surface area (Å²) in [5, 5.41) is 6.87. The summed E-state index contributed by atoms with van der Waals surface area (Å²) in [7, 11) is 0. The van der Waals surface area contributed by atoms with Crippen molar-refractivity contribution in [1.29, 1.82) is 0 Å².